The minimum Gasteiger partial charge on any atom is -0.396 e. The number of aliphatic hydroxyl groups excluding tert-OH is 2. The first kappa shape index (κ1) is 27.9. The molecule has 0 fully saturated rings. The van der Waals surface area contributed by atoms with Gasteiger partial charge in [0.2, 0.25) is 9.84 Å². The van der Waals surface area contributed by atoms with Gasteiger partial charge >= 0.3 is 0 Å². The van der Waals surface area contributed by atoms with Gasteiger partial charge in [0.05, 0.1) is 24.7 Å². The molecule has 0 aliphatic carbocycles. The standard InChI is InChI=1S/C21H39N3O6S/c1-19-3-5-20(6-4-19)31(27,28)21(26)7-16-30-18-13-24-11-9-22-8-10-23-12-17-29-15-2-14-25/h3-6,21-26H,2,7-18H2,1H3. The van der Waals surface area contributed by atoms with Crippen LogP contribution in [0.4, 0.5) is 0 Å². The first-order chi connectivity index (χ1) is 15.0. The van der Waals surface area contributed by atoms with E-state index >= 15 is 0 Å². The maximum Gasteiger partial charge on any atom is 0.204 e. The Hall–Kier alpha value is -1.11. The summed E-state index contributed by atoms with van der Waals surface area (Å²) in [5, 5.41) is 28.5. The van der Waals surface area contributed by atoms with Gasteiger partial charge in [-0.1, -0.05) is 17.7 Å². The van der Waals surface area contributed by atoms with Gasteiger partial charge in [0, 0.05) is 58.9 Å². The quantitative estimate of drug-likeness (QED) is 0.166. The van der Waals surface area contributed by atoms with Crippen LogP contribution in [0.3, 0.4) is 0 Å². The Labute approximate surface area is 186 Å². The number of ether oxygens (including phenoxy) is 2. The van der Waals surface area contributed by atoms with E-state index in [4.69, 9.17) is 14.6 Å². The second kappa shape index (κ2) is 17.4. The topological polar surface area (TPSA) is 129 Å². The van der Waals surface area contributed by atoms with Crippen molar-refractivity contribution >= 4 is 9.84 Å². The summed E-state index contributed by atoms with van der Waals surface area (Å²) in [7, 11) is -3.75. The molecule has 1 aromatic carbocycles. The maximum atomic E-state index is 12.3. The van der Waals surface area contributed by atoms with Crippen LogP contribution in [-0.4, -0.2) is 96.4 Å². The molecule has 0 aromatic heterocycles. The van der Waals surface area contributed by atoms with Crippen LogP contribution in [0.5, 0.6) is 0 Å². The zero-order valence-electron chi connectivity index (χ0n) is 18.5. The lowest BCUT2D eigenvalue weighted by Crippen LogP contribution is -2.34. The predicted molar refractivity (Wildman–Crippen MR) is 121 cm³/mol. The van der Waals surface area contributed by atoms with Gasteiger partial charge in [-0.3, -0.25) is 0 Å². The van der Waals surface area contributed by atoms with Gasteiger partial charge in [-0.25, -0.2) is 8.42 Å². The Kier molecular flexibility index (Phi) is 15.7. The van der Waals surface area contributed by atoms with Crippen LogP contribution in [0.25, 0.3) is 0 Å². The number of nitrogens with one attached hydrogen (secondary N) is 3. The van der Waals surface area contributed by atoms with Gasteiger partial charge in [-0.15, -0.1) is 0 Å². The molecule has 0 aliphatic heterocycles. The second-order valence-corrected chi connectivity index (χ2v) is 9.26. The average molecular weight is 462 g/mol. The van der Waals surface area contributed by atoms with Crippen LogP contribution in [0.15, 0.2) is 29.2 Å². The third-order valence-electron chi connectivity index (χ3n) is 4.47. The first-order valence-electron chi connectivity index (χ1n) is 10.9. The highest BCUT2D eigenvalue weighted by molar-refractivity contribution is 7.91. The summed E-state index contributed by atoms with van der Waals surface area (Å²) in [6, 6.07) is 6.45. The molecule has 9 nitrogen and oxygen atoms in total. The Morgan fingerprint density at radius 2 is 1.35 bits per heavy atom. The number of sulfone groups is 1. The maximum absolute atomic E-state index is 12.3. The summed E-state index contributed by atoms with van der Waals surface area (Å²) in [6.07, 6.45) is 0.717. The molecule has 0 saturated heterocycles. The molecule has 31 heavy (non-hydrogen) atoms. The van der Waals surface area contributed by atoms with Crippen molar-refractivity contribution in [1.82, 2.24) is 16.0 Å². The number of aryl methyl sites for hydroxylation is 1. The van der Waals surface area contributed by atoms with E-state index in [-0.39, 0.29) is 24.5 Å². The fourth-order valence-corrected chi connectivity index (χ4v) is 3.85. The Balaban J connectivity index is 1.91. The van der Waals surface area contributed by atoms with E-state index in [1.54, 1.807) is 12.1 Å². The van der Waals surface area contributed by atoms with Crippen molar-refractivity contribution in [2.45, 2.75) is 30.1 Å². The molecule has 0 saturated carbocycles. The van der Waals surface area contributed by atoms with Crippen LogP contribution >= 0.6 is 0 Å². The summed E-state index contributed by atoms with van der Waals surface area (Å²) in [5.41, 5.74) is -0.499. The Morgan fingerprint density at radius 1 is 0.839 bits per heavy atom. The highest BCUT2D eigenvalue weighted by Crippen LogP contribution is 2.17. The number of rotatable bonds is 20. The van der Waals surface area contributed by atoms with Gasteiger partial charge in [-0.05, 0) is 25.5 Å². The highest BCUT2D eigenvalue weighted by Gasteiger charge is 2.24. The predicted octanol–water partition coefficient (Wildman–Crippen LogP) is -0.338. The Morgan fingerprint density at radius 3 is 1.90 bits per heavy atom. The lowest BCUT2D eigenvalue weighted by Gasteiger charge is -2.13. The molecule has 1 rings (SSSR count). The van der Waals surface area contributed by atoms with E-state index in [0.29, 0.717) is 32.8 Å². The summed E-state index contributed by atoms with van der Waals surface area (Å²) >= 11 is 0. The fourth-order valence-electron chi connectivity index (χ4n) is 2.61. The third-order valence-corrected chi connectivity index (χ3v) is 6.35. The molecule has 0 radical (unpaired) electrons. The van der Waals surface area contributed by atoms with Crippen molar-refractivity contribution in [2.75, 3.05) is 72.3 Å². The average Bonchev–Trinajstić information content (AvgIpc) is 2.76. The van der Waals surface area contributed by atoms with E-state index in [2.05, 4.69) is 16.0 Å². The molecule has 5 N–H and O–H groups in total. The third kappa shape index (κ3) is 13.1. The van der Waals surface area contributed by atoms with E-state index in [1.807, 2.05) is 6.92 Å². The normalized spacial score (nSPS) is 12.9. The van der Waals surface area contributed by atoms with E-state index < -0.39 is 15.3 Å². The van der Waals surface area contributed by atoms with Crippen molar-refractivity contribution in [1.29, 1.82) is 0 Å². The van der Waals surface area contributed by atoms with Crippen LogP contribution in [0, 0.1) is 6.92 Å². The molecular formula is C21H39N3O6S. The van der Waals surface area contributed by atoms with E-state index in [9.17, 15) is 13.5 Å². The Bertz CT molecular complexity index is 658. The van der Waals surface area contributed by atoms with Crippen molar-refractivity contribution in [3.05, 3.63) is 29.8 Å². The van der Waals surface area contributed by atoms with Gasteiger partial charge in [0.15, 0.2) is 5.44 Å². The second-order valence-electron chi connectivity index (χ2n) is 7.15. The van der Waals surface area contributed by atoms with Crippen molar-refractivity contribution in [2.24, 2.45) is 0 Å². The molecule has 1 atom stereocenters. The summed E-state index contributed by atoms with van der Waals surface area (Å²) in [6.45, 7) is 8.74. The first-order valence-corrected chi connectivity index (χ1v) is 12.4. The van der Waals surface area contributed by atoms with Gasteiger partial charge in [-0.2, -0.15) is 0 Å². The van der Waals surface area contributed by atoms with Crippen molar-refractivity contribution < 1.29 is 28.1 Å². The smallest absolute Gasteiger partial charge is 0.204 e. The fraction of sp³-hybridized carbons (Fsp3) is 0.714. The number of benzene rings is 1. The highest BCUT2D eigenvalue weighted by atomic mass is 32.2. The van der Waals surface area contributed by atoms with Gasteiger partial charge in [0.1, 0.15) is 0 Å². The molecule has 0 spiro atoms. The van der Waals surface area contributed by atoms with E-state index in [0.717, 1.165) is 38.3 Å². The number of hydrogen-bond donors (Lipinski definition) is 5. The van der Waals surface area contributed by atoms with Crippen molar-refractivity contribution in [3.8, 4) is 0 Å². The zero-order valence-corrected chi connectivity index (χ0v) is 19.3. The molecule has 0 bridgehead atoms. The minimum absolute atomic E-state index is 0.0389. The van der Waals surface area contributed by atoms with E-state index in [1.165, 1.54) is 12.1 Å². The molecule has 0 aliphatic rings. The van der Waals surface area contributed by atoms with Gasteiger partial charge < -0.3 is 35.6 Å². The van der Waals surface area contributed by atoms with Crippen LogP contribution in [-0.2, 0) is 19.3 Å². The van der Waals surface area contributed by atoms with Crippen LogP contribution in [0.2, 0.25) is 0 Å². The van der Waals surface area contributed by atoms with Crippen LogP contribution in [0.1, 0.15) is 18.4 Å². The summed E-state index contributed by atoms with van der Waals surface area (Å²) < 4.78 is 35.3. The molecule has 1 unspecified atom stereocenters. The molecule has 0 heterocycles. The molecular weight excluding hydrogens is 422 g/mol. The zero-order chi connectivity index (χ0) is 22.8. The lowest BCUT2D eigenvalue weighted by molar-refractivity contribution is 0.108. The lowest BCUT2D eigenvalue weighted by atomic mass is 10.2. The largest absolute Gasteiger partial charge is 0.396 e. The monoisotopic (exact) mass is 461 g/mol. The molecule has 0 amide bonds. The molecule has 180 valence electrons. The molecule has 10 heteroatoms. The summed E-state index contributed by atoms with van der Waals surface area (Å²) in [5.74, 6) is 0. The molecule has 1 aromatic rings. The SMILES string of the molecule is Cc1ccc(S(=O)(=O)C(O)CCOCCNCCNCCNCCOCCCO)cc1. The number of hydrogen-bond acceptors (Lipinski definition) is 9. The van der Waals surface area contributed by atoms with Crippen molar-refractivity contribution in [3.63, 3.8) is 0 Å². The van der Waals surface area contributed by atoms with Gasteiger partial charge in [0.25, 0.3) is 0 Å². The van der Waals surface area contributed by atoms with Crippen LogP contribution < -0.4 is 16.0 Å². The summed E-state index contributed by atoms with van der Waals surface area (Å²) in [4.78, 5) is 0.126. The minimum atomic E-state index is -3.75. The number of aliphatic hydroxyl groups is 2.